The summed E-state index contributed by atoms with van der Waals surface area (Å²) in [6.45, 7) is 5.48. The molecule has 3 heterocycles. The Bertz CT molecular complexity index is 1060. The Balaban J connectivity index is 1.92. The molecule has 2 aromatic heterocycles. The minimum atomic E-state index is -0.664. The van der Waals surface area contributed by atoms with E-state index >= 15 is 0 Å². The topological polar surface area (TPSA) is 72.7 Å². The summed E-state index contributed by atoms with van der Waals surface area (Å²) in [5, 5.41) is 6.91. The summed E-state index contributed by atoms with van der Waals surface area (Å²) in [7, 11) is 0. The van der Waals surface area contributed by atoms with Gasteiger partial charge in [0.2, 0.25) is 5.91 Å². The Morgan fingerprint density at radius 2 is 1.71 bits per heavy atom. The van der Waals surface area contributed by atoms with Gasteiger partial charge in [-0.05, 0) is 44.5 Å². The quantitative estimate of drug-likeness (QED) is 0.710. The van der Waals surface area contributed by atoms with Gasteiger partial charge in [0.25, 0.3) is 5.95 Å². The number of amides is 1. The SMILES string of the molecule is Cc1cc(C)nc(-n2nc(C)c3c2NC(=O)CSC3c2cc(F)cc(F)c2)n1. The van der Waals surface area contributed by atoms with Gasteiger partial charge in [-0.1, -0.05) is 0 Å². The van der Waals surface area contributed by atoms with Crippen LogP contribution in [0.4, 0.5) is 14.6 Å². The minimum absolute atomic E-state index is 0.143. The number of carbonyl (C=O) groups excluding carboxylic acids is 1. The molecule has 0 bridgehead atoms. The first kappa shape index (κ1) is 18.5. The van der Waals surface area contributed by atoms with Gasteiger partial charge in [-0.25, -0.2) is 18.7 Å². The molecule has 1 N–H and O–H groups in total. The fourth-order valence-electron chi connectivity index (χ4n) is 3.32. The summed E-state index contributed by atoms with van der Waals surface area (Å²) in [5.74, 6) is -0.654. The van der Waals surface area contributed by atoms with E-state index in [-0.39, 0.29) is 11.7 Å². The molecule has 1 aliphatic heterocycles. The van der Waals surface area contributed by atoms with Crippen molar-refractivity contribution in [1.82, 2.24) is 19.7 Å². The van der Waals surface area contributed by atoms with Crippen LogP contribution in [0.3, 0.4) is 0 Å². The van der Waals surface area contributed by atoms with Crippen LogP contribution in [0.1, 0.15) is 33.5 Å². The molecular weight excluding hydrogens is 384 g/mol. The number of fused-ring (bicyclic) bond motifs is 1. The number of carbonyl (C=O) groups is 1. The first-order chi connectivity index (χ1) is 13.3. The molecule has 1 atom stereocenters. The van der Waals surface area contributed by atoms with E-state index < -0.39 is 16.9 Å². The summed E-state index contributed by atoms with van der Waals surface area (Å²) in [6.07, 6.45) is 0. The highest BCUT2D eigenvalue weighted by Crippen LogP contribution is 2.43. The Morgan fingerprint density at radius 1 is 1.07 bits per heavy atom. The van der Waals surface area contributed by atoms with E-state index in [4.69, 9.17) is 0 Å². The predicted molar refractivity (Wildman–Crippen MR) is 103 cm³/mol. The van der Waals surface area contributed by atoms with Crippen LogP contribution < -0.4 is 5.32 Å². The third kappa shape index (κ3) is 3.37. The smallest absolute Gasteiger partial charge is 0.252 e. The number of hydrogen-bond donors (Lipinski definition) is 1. The van der Waals surface area contributed by atoms with Crippen molar-refractivity contribution in [3.05, 3.63) is 64.1 Å². The highest BCUT2D eigenvalue weighted by Gasteiger charge is 2.31. The number of nitrogens with zero attached hydrogens (tertiary/aromatic N) is 4. The molecule has 1 aliphatic rings. The van der Waals surface area contributed by atoms with Gasteiger partial charge in [0, 0.05) is 23.0 Å². The van der Waals surface area contributed by atoms with Crippen LogP contribution in [0.15, 0.2) is 24.3 Å². The minimum Gasteiger partial charge on any atom is -0.309 e. The largest absolute Gasteiger partial charge is 0.309 e. The number of anilines is 1. The Hall–Kier alpha value is -2.81. The molecule has 3 aromatic rings. The molecule has 1 unspecified atom stereocenters. The van der Waals surface area contributed by atoms with Gasteiger partial charge in [0.15, 0.2) is 0 Å². The third-order valence-electron chi connectivity index (χ3n) is 4.36. The standard InChI is InChI=1S/C19H17F2N5OS/c1-9-4-10(2)23-19(22-9)26-18-16(11(3)25-26)17(28-8-15(27)24-18)12-5-13(20)7-14(21)6-12/h4-7,17H,8H2,1-3H3,(H,24,27). The molecule has 0 aliphatic carbocycles. The molecule has 9 heteroatoms. The number of thioether (sulfide) groups is 1. The number of rotatable bonds is 2. The lowest BCUT2D eigenvalue weighted by atomic mass is 10.0. The van der Waals surface area contributed by atoms with E-state index in [0.717, 1.165) is 17.5 Å². The lowest BCUT2D eigenvalue weighted by Gasteiger charge is -2.15. The van der Waals surface area contributed by atoms with Crippen LogP contribution in [0, 0.1) is 32.4 Å². The number of nitrogens with one attached hydrogen (secondary N) is 1. The van der Waals surface area contributed by atoms with Crippen molar-refractivity contribution in [1.29, 1.82) is 0 Å². The van der Waals surface area contributed by atoms with E-state index in [1.165, 1.54) is 28.6 Å². The van der Waals surface area contributed by atoms with E-state index in [9.17, 15) is 13.6 Å². The second kappa shape index (κ2) is 6.97. The van der Waals surface area contributed by atoms with Gasteiger partial charge in [-0.3, -0.25) is 4.79 Å². The van der Waals surface area contributed by atoms with Crippen LogP contribution in [-0.4, -0.2) is 31.4 Å². The summed E-state index contributed by atoms with van der Waals surface area (Å²) in [4.78, 5) is 21.2. The molecule has 1 amide bonds. The lowest BCUT2D eigenvalue weighted by molar-refractivity contribution is -0.113. The van der Waals surface area contributed by atoms with Crippen molar-refractivity contribution < 1.29 is 13.6 Å². The highest BCUT2D eigenvalue weighted by atomic mass is 32.2. The van der Waals surface area contributed by atoms with Crippen LogP contribution >= 0.6 is 11.8 Å². The number of halogens is 2. The lowest BCUT2D eigenvalue weighted by Crippen LogP contribution is -2.17. The second-order valence-corrected chi connectivity index (χ2v) is 7.75. The summed E-state index contributed by atoms with van der Waals surface area (Å²) >= 11 is 1.29. The maximum Gasteiger partial charge on any atom is 0.252 e. The van der Waals surface area contributed by atoms with Crippen molar-refractivity contribution in [2.24, 2.45) is 0 Å². The zero-order chi connectivity index (χ0) is 20.0. The normalized spacial score (nSPS) is 16.5. The molecule has 0 spiro atoms. The highest BCUT2D eigenvalue weighted by molar-refractivity contribution is 8.00. The zero-order valence-electron chi connectivity index (χ0n) is 15.5. The molecule has 1 aromatic carbocycles. The number of aromatic nitrogens is 4. The average molecular weight is 401 g/mol. The Labute approximate surface area is 164 Å². The number of aryl methyl sites for hydroxylation is 3. The van der Waals surface area contributed by atoms with Crippen LogP contribution in [0.5, 0.6) is 0 Å². The van der Waals surface area contributed by atoms with Crippen molar-refractivity contribution >= 4 is 23.5 Å². The zero-order valence-corrected chi connectivity index (χ0v) is 16.3. The van der Waals surface area contributed by atoms with E-state index in [2.05, 4.69) is 20.4 Å². The van der Waals surface area contributed by atoms with E-state index in [1.54, 1.807) is 6.92 Å². The van der Waals surface area contributed by atoms with E-state index in [0.29, 0.717) is 28.6 Å². The molecule has 0 saturated heterocycles. The summed E-state index contributed by atoms with van der Waals surface area (Å²) in [5.41, 5.74) is 3.28. The average Bonchev–Trinajstić information content (AvgIpc) is 2.80. The van der Waals surface area contributed by atoms with E-state index in [1.807, 2.05) is 19.9 Å². The summed E-state index contributed by atoms with van der Waals surface area (Å²) in [6, 6.07) is 5.23. The van der Waals surface area contributed by atoms with Crippen LogP contribution in [-0.2, 0) is 4.79 Å². The maximum atomic E-state index is 13.8. The van der Waals surface area contributed by atoms with Crippen molar-refractivity contribution in [3.8, 4) is 5.95 Å². The van der Waals surface area contributed by atoms with Crippen molar-refractivity contribution in [2.75, 3.05) is 11.1 Å². The second-order valence-electron chi connectivity index (χ2n) is 6.65. The fourth-order valence-corrected chi connectivity index (χ4v) is 4.49. The Kier molecular flexibility index (Phi) is 4.62. The van der Waals surface area contributed by atoms with Crippen LogP contribution in [0.25, 0.3) is 5.95 Å². The first-order valence-corrected chi connectivity index (χ1v) is 9.66. The molecule has 144 valence electrons. The van der Waals surface area contributed by atoms with Gasteiger partial charge >= 0.3 is 0 Å². The molecule has 0 fully saturated rings. The monoisotopic (exact) mass is 401 g/mol. The maximum absolute atomic E-state index is 13.8. The molecule has 28 heavy (non-hydrogen) atoms. The Morgan fingerprint density at radius 3 is 2.36 bits per heavy atom. The third-order valence-corrected chi connectivity index (χ3v) is 5.63. The molecular formula is C19H17F2N5OS. The van der Waals surface area contributed by atoms with Crippen molar-refractivity contribution in [3.63, 3.8) is 0 Å². The van der Waals surface area contributed by atoms with Gasteiger partial charge in [0.05, 0.1) is 16.7 Å². The molecule has 6 nitrogen and oxygen atoms in total. The van der Waals surface area contributed by atoms with Crippen LogP contribution in [0.2, 0.25) is 0 Å². The number of benzene rings is 1. The summed E-state index contributed by atoms with van der Waals surface area (Å²) < 4.78 is 29.1. The number of hydrogen-bond acceptors (Lipinski definition) is 5. The van der Waals surface area contributed by atoms with Gasteiger partial charge in [0.1, 0.15) is 17.5 Å². The van der Waals surface area contributed by atoms with Gasteiger partial charge < -0.3 is 5.32 Å². The fraction of sp³-hybridized carbons (Fsp3) is 0.263. The predicted octanol–water partition coefficient (Wildman–Crippen LogP) is 3.64. The van der Waals surface area contributed by atoms with Gasteiger partial charge in [-0.2, -0.15) is 9.78 Å². The van der Waals surface area contributed by atoms with Gasteiger partial charge in [-0.15, -0.1) is 11.8 Å². The molecule has 0 radical (unpaired) electrons. The molecule has 4 rings (SSSR count). The molecule has 0 saturated carbocycles. The first-order valence-electron chi connectivity index (χ1n) is 8.61. The van der Waals surface area contributed by atoms with Crippen molar-refractivity contribution in [2.45, 2.75) is 26.0 Å².